The summed E-state index contributed by atoms with van der Waals surface area (Å²) in [6.07, 6.45) is 1.39. The molecule has 0 aliphatic heterocycles. The highest BCUT2D eigenvalue weighted by atomic mass is 16.4. The maximum Gasteiger partial charge on any atom is 0.356 e. The Kier molecular flexibility index (Phi) is 1.26. The number of carboxylic acids is 1. The van der Waals surface area contributed by atoms with Crippen LogP contribution in [0.25, 0.3) is 11.0 Å². The van der Waals surface area contributed by atoms with Crippen LogP contribution in [-0.2, 0) is 0 Å². The number of pyridine rings is 1. The molecule has 0 saturated carbocycles. The topological polar surface area (TPSA) is 91.8 Å². The van der Waals surface area contributed by atoms with E-state index >= 15 is 0 Å². The van der Waals surface area contributed by atoms with E-state index in [1.807, 2.05) is 0 Å². The molecule has 6 nitrogen and oxygen atoms in total. The van der Waals surface area contributed by atoms with Crippen molar-refractivity contribution >= 4 is 17.0 Å². The molecule has 0 bridgehead atoms. The van der Waals surface area contributed by atoms with Gasteiger partial charge in [0, 0.05) is 6.20 Å². The van der Waals surface area contributed by atoms with Crippen LogP contribution in [0.1, 0.15) is 10.5 Å². The van der Waals surface area contributed by atoms with Gasteiger partial charge in [-0.05, 0) is 6.07 Å². The average Bonchev–Trinajstić information content (AvgIpc) is 2.49. The summed E-state index contributed by atoms with van der Waals surface area (Å²) in [5.74, 6) is -1.10. The Balaban J connectivity index is 2.82. The molecule has 0 amide bonds. The number of hydrogen-bond donors (Lipinski definition) is 2. The van der Waals surface area contributed by atoms with E-state index in [0.717, 1.165) is 0 Å². The zero-order valence-electron chi connectivity index (χ0n) is 5.85. The van der Waals surface area contributed by atoms with Crippen LogP contribution < -0.4 is 0 Å². The van der Waals surface area contributed by atoms with Gasteiger partial charge in [0.05, 0.1) is 5.52 Å². The molecule has 12 heavy (non-hydrogen) atoms. The van der Waals surface area contributed by atoms with Crippen LogP contribution in [0.2, 0.25) is 0 Å². The minimum Gasteiger partial charge on any atom is -0.476 e. The Labute approximate surface area is 66.2 Å². The summed E-state index contributed by atoms with van der Waals surface area (Å²) in [7, 11) is 0. The summed E-state index contributed by atoms with van der Waals surface area (Å²) in [5.41, 5.74) is 0.772. The number of carbonyl (C=O) groups is 1. The van der Waals surface area contributed by atoms with Gasteiger partial charge >= 0.3 is 5.97 Å². The van der Waals surface area contributed by atoms with Crippen molar-refractivity contribution in [3.63, 3.8) is 0 Å². The number of nitrogens with one attached hydrogen (secondary N) is 1. The molecule has 2 N–H and O–H groups in total. The van der Waals surface area contributed by atoms with E-state index < -0.39 is 5.97 Å². The van der Waals surface area contributed by atoms with Gasteiger partial charge in [-0.3, -0.25) is 5.10 Å². The quantitative estimate of drug-likeness (QED) is 0.621. The minimum absolute atomic E-state index is 0.0822. The molecule has 0 aliphatic rings. The first-order valence-electron chi connectivity index (χ1n) is 3.18. The van der Waals surface area contributed by atoms with Crippen molar-refractivity contribution in [3.8, 4) is 0 Å². The molecule has 0 spiro atoms. The number of fused-ring (bicyclic) bond motifs is 1. The van der Waals surface area contributed by atoms with Gasteiger partial charge in [0.25, 0.3) is 0 Å². The average molecular weight is 164 g/mol. The number of hydrogen-bond acceptors (Lipinski definition) is 4. The van der Waals surface area contributed by atoms with Crippen molar-refractivity contribution in [1.29, 1.82) is 0 Å². The lowest BCUT2D eigenvalue weighted by molar-refractivity contribution is 0.0692. The van der Waals surface area contributed by atoms with Crippen molar-refractivity contribution in [1.82, 2.24) is 20.4 Å². The number of carboxylic acid groups (broad SMARTS) is 1. The van der Waals surface area contributed by atoms with Gasteiger partial charge in [-0.25, -0.2) is 9.78 Å². The van der Waals surface area contributed by atoms with E-state index in [1.165, 1.54) is 6.20 Å². The van der Waals surface area contributed by atoms with Gasteiger partial charge in [0.2, 0.25) is 0 Å². The second kappa shape index (κ2) is 2.26. The maximum atomic E-state index is 10.6. The summed E-state index contributed by atoms with van der Waals surface area (Å²) in [6.45, 7) is 0. The number of aromatic carboxylic acids is 1. The molecule has 0 aromatic carbocycles. The molecule has 2 aromatic rings. The first-order chi connectivity index (χ1) is 5.79. The van der Waals surface area contributed by atoms with Crippen LogP contribution in [0, 0.1) is 0 Å². The van der Waals surface area contributed by atoms with Crippen LogP contribution in [0.3, 0.4) is 0 Å². The van der Waals surface area contributed by atoms with Crippen molar-refractivity contribution in [2.24, 2.45) is 0 Å². The van der Waals surface area contributed by atoms with Crippen LogP contribution >= 0.6 is 0 Å². The number of aromatic nitrogens is 4. The molecule has 0 fully saturated rings. The molecule has 0 aliphatic carbocycles. The van der Waals surface area contributed by atoms with Crippen LogP contribution in [0.5, 0.6) is 0 Å². The van der Waals surface area contributed by atoms with Crippen LogP contribution in [0.4, 0.5) is 0 Å². The Hall–Kier alpha value is -1.98. The second-order valence-electron chi connectivity index (χ2n) is 2.17. The predicted molar refractivity (Wildman–Crippen MR) is 38.6 cm³/mol. The van der Waals surface area contributed by atoms with Gasteiger partial charge in [-0.2, -0.15) is 0 Å². The second-order valence-corrected chi connectivity index (χ2v) is 2.17. The van der Waals surface area contributed by atoms with E-state index in [4.69, 9.17) is 5.11 Å². The van der Waals surface area contributed by atoms with Gasteiger partial charge in [-0.15, -0.1) is 5.10 Å². The third kappa shape index (κ3) is 0.815. The number of H-pyrrole nitrogens is 1. The number of nitrogens with zero attached hydrogens (tertiary/aromatic N) is 3. The molecule has 0 radical (unpaired) electrons. The first-order valence-corrected chi connectivity index (χ1v) is 3.18. The SMILES string of the molecule is O=C(O)c1nccc2[nH]nnc12. The highest BCUT2D eigenvalue weighted by Gasteiger charge is 2.11. The molecule has 0 unspecified atom stereocenters. The molecule has 0 saturated heterocycles. The van der Waals surface area contributed by atoms with Gasteiger partial charge < -0.3 is 5.11 Å². The fourth-order valence-electron chi connectivity index (χ4n) is 0.931. The Bertz CT molecular complexity index is 436. The molecular formula is C6H4N4O2. The Morgan fingerprint density at radius 3 is 3.17 bits per heavy atom. The first kappa shape index (κ1) is 6.71. The number of rotatable bonds is 1. The summed E-state index contributed by atoms with van der Waals surface area (Å²) in [5, 5.41) is 18.3. The Morgan fingerprint density at radius 2 is 2.42 bits per heavy atom. The third-order valence-electron chi connectivity index (χ3n) is 1.45. The predicted octanol–water partition coefficient (Wildman–Crippen LogP) is 0.0511. The van der Waals surface area contributed by atoms with E-state index in [-0.39, 0.29) is 11.2 Å². The summed E-state index contributed by atoms with van der Waals surface area (Å²) < 4.78 is 0. The summed E-state index contributed by atoms with van der Waals surface area (Å²) in [4.78, 5) is 14.2. The monoisotopic (exact) mass is 164 g/mol. The highest BCUT2D eigenvalue weighted by molar-refractivity contribution is 5.98. The fraction of sp³-hybridized carbons (Fsp3) is 0. The zero-order chi connectivity index (χ0) is 8.55. The molecule has 60 valence electrons. The lowest BCUT2D eigenvalue weighted by atomic mass is 10.3. The van der Waals surface area contributed by atoms with Crippen LogP contribution in [-0.4, -0.2) is 31.5 Å². The van der Waals surface area contributed by atoms with E-state index in [1.54, 1.807) is 6.07 Å². The van der Waals surface area contributed by atoms with Crippen molar-refractivity contribution < 1.29 is 9.90 Å². The summed E-state index contributed by atoms with van der Waals surface area (Å²) in [6, 6.07) is 1.61. The molecular weight excluding hydrogens is 160 g/mol. The smallest absolute Gasteiger partial charge is 0.356 e. The third-order valence-corrected chi connectivity index (χ3v) is 1.45. The van der Waals surface area contributed by atoms with E-state index in [0.29, 0.717) is 5.52 Å². The zero-order valence-corrected chi connectivity index (χ0v) is 5.85. The highest BCUT2D eigenvalue weighted by Crippen LogP contribution is 2.09. The normalized spacial score (nSPS) is 10.3. The van der Waals surface area contributed by atoms with Gasteiger partial charge in [0.15, 0.2) is 5.69 Å². The minimum atomic E-state index is -1.10. The van der Waals surface area contributed by atoms with Crippen molar-refractivity contribution in [2.75, 3.05) is 0 Å². The fourth-order valence-corrected chi connectivity index (χ4v) is 0.931. The maximum absolute atomic E-state index is 10.6. The van der Waals surface area contributed by atoms with Crippen molar-refractivity contribution in [2.45, 2.75) is 0 Å². The molecule has 0 atom stereocenters. The van der Waals surface area contributed by atoms with Gasteiger partial charge in [-0.1, -0.05) is 5.21 Å². The molecule has 6 heteroatoms. The Morgan fingerprint density at radius 1 is 1.58 bits per heavy atom. The summed E-state index contributed by atoms with van der Waals surface area (Å²) >= 11 is 0. The molecule has 2 rings (SSSR count). The van der Waals surface area contributed by atoms with Crippen molar-refractivity contribution in [3.05, 3.63) is 18.0 Å². The van der Waals surface area contributed by atoms with Gasteiger partial charge in [0.1, 0.15) is 5.52 Å². The largest absolute Gasteiger partial charge is 0.476 e. The number of aromatic amines is 1. The lowest BCUT2D eigenvalue weighted by Crippen LogP contribution is -2.00. The lowest BCUT2D eigenvalue weighted by Gasteiger charge is -1.91. The van der Waals surface area contributed by atoms with E-state index in [2.05, 4.69) is 20.4 Å². The van der Waals surface area contributed by atoms with E-state index in [9.17, 15) is 4.79 Å². The molecule has 2 aromatic heterocycles. The molecule has 2 heterocycles. The van der Waals surface area contributed by atoms with Crippen LogP contribution in [0.15, 0.2) is 12.3 Å². The standard InChI is InChI=1S/C6H4N4O2/c11-6(12)5-4-3(1-2-7-5)8-10-9-4/h1-2H,(H,11,12)(H,8,9,10).